The van der Waals surface area contributed by atoms with Crippen molar-refractivity contribution in [1.82, 2.24) is 0 Å². The van der Waals surface area contributed by atoms with Crippen LogP contribution in [-0.2, 0) is 10.2 Å². The number of carbonyl (C=O) groups excluding carboxylic acids is 2. The number of urea groups is 1. The van der Waals surface area contributed by atoms with E-state index in [2.05, 4.69) is 20.8 Å². The quantitative estimate of drug-likeness (QED) is 0.754. The van der Waals surface area contributed by atoms with Crippen LogP contribution in [0.4, 0.5) is 16.2 Å². The van der Waals surface area contributed by atoms with Crippen molar-refractivity contribution in [2.75, 3.05) is 4.90 Å². The maximum absolute atomic E-state index is 12.6. The number of aryl methyl sites for hydroxylation is 1. The van der Waals surface area contributed by atoms with Gasteiger partial charge in [0.05, 0.1) is 17.5 Å². The molecule has 6 heteroatoms. The van der Waals surface area contributed by atoms with Gasteiger partial charge in [0.15, 0.2) is 0 Å². The summed E-state index contributed by atoms with van der Waals surface area (Å²) in [5, 5.41) is 0. The van der Waals surface area contributed by atoms with Gasteiger partial charge in [-0.15, -0.1) is 11.3 Å². The minimum atomic E-state index is -0.647. The zero-order valence-corrected chi connectivity index (χ0v) is 16.9. The lowest BCUT2D eigenvalue weighted by molar-refractivity contribution is 0.0385. The fourth-order valence-electron chi connectivity index (χ4n) is 2.41. The molecule has 5 nitrogen and oxygen atoms in total. The number of ether oxygens (including phenoxy) is 1. The topological polar surface area (TPSA) is 72.6 Å². The summed E-state index contributed by atoms with van der Waals surface area (Å²) in [4.78, 5) is 27.6. The first-order chi connectivity index (χ1) is 12.0. The molecule has 1 heterocycles. The number of anilines is 2. The molecule has 0 radical (unpaired) electrons. The van der Waals surface area contributed by atoms with E-state index in [9.17, 15) is 9.59 Å². The second kappa shape index (κ2) is 7.50. The Morgan fingerprint density at radius 2 is 1.73 bits per heavy atom. The molecule has 0 aliphatic rings. The molecule has 0 aliphatic heterocycles. The van der Waals surface area contributed by atoms with E-state index in [1.54, 1.807) is 13.8 Å². The number of rotatable bonds is 4. The predicted molar refractivity (Wildman–Crippen MR) is 106 cm³/mol. The van der Waals surface area contributed by atoms with Gasteiger partial charge >= 0.3 is 12.0 Å². The van der Waals surface area contributed by atoms with Gasteiger partial charge in [0, 0.05) is 4.88 Å². The van der Waals surface area contributed by atoms with Crippen molar-refractivity contribution in [1.29, 1.82) is 0 Å². The van der Waals surface area contributed by atoms with Crippen LogP contribution >= 0.6 is 11.3 Å². The number of nitrogens with two attached hydrogens (primary N) is 1. The molecule has 0 bridgehead atoms. The van der Waals surface area contributed by atoms with Crippen molar-refractivity contribution in [3.63, 3.8) is 0 Å². The van der Waals surface area contributed by atoms with Gasteiger partial charge in [-0.25, -0.2) is 9.59 Å². The second-order valence-corrected chi connectivity index (χ2v) is 8.59. The molecule has 1 aromatic heterocycles. The van der Waals surface area contributed by atoms with Crippen molar-refractivity contribution in [2.24, 2.45) is 5.73 Å². The van der Waals surface area contributed by atoms with Gasteiger partial charge in [0.25, 0.3) is 0 Å². The molecular formula is C20H26N2O3S. The molecule has 0 fully saturated rings. The minimum Gasteiger partial charge on any atom is -0.459 e. The number of nitrogens with zero attached hydrogens (tertiary/aromatic N) is 1. The molecule has 2 aromatic rings. The van der Waals surface area contributed by atoms with E-state index in [1.807, 2.05) is 37.3 Å². The smallest absolute Gasteiger partial charge is 0.350 e. The fourth-order valence-corrected chi connectivity index (χ4v) is 3.49. The lowest BCUT2D eigenvalue weighted by atomic mass is 9.94. The highest BCUT2D eigenvalue weighted by Gasteiger charge is 2.29. The van der Waals surface area contributed by atoms with Crippen LogP contribution in [0.1, 0.15) is 54.7 Å². The molecule has 0 aliphatic carbocycles. The Balaban J connectivity index is 2.62. The van der Waals surface area contributed by atoms with Crippen LogP contribution in [0, 0.1) is 6.92 Å². The van der Waals surface area contributed by atoms with Crippen molar-refractivity contribution in [3.05, 3.63) is 45.6 Å². The van der Waals surface area contributed by atoms with Crippen molar-refractivity contribution in [3.8, 4) is 0 Å². The third-order valence-electron chi connectivity index (χ3n) is 3.73. The van der Waals surface area contributed by atoms with Crippen LogP contribution in [0.5, 0.6) is 0 Å². The van der Waals surface area contributed by atoms with Crippen LogP contribution in [0.15, 0.2) is 30.3 Å². The number of hydrogen-bond donors (Lipinski definition) is 1. The highest BCUT2D eigenvalue weighted by molar-refractivity contribution is 7.14. The number of amides is 2. The molecule has 0 unspecified atom stereocenters. The highest BCUT2D eigenvalue weighted by Crippen LogP contribution is 2.40. The first-order valence-electron chi connectivity index (χ1n) is 8.52. The summed E-state index contributed by atoms with van der Waals surface area (Å²) in [6, 6.07) is 8.62. The lowest BCUT2D eigenvalue weighted by Gasteiger charge is -2.21. The number of carbonyl (C=O) groups is 2. The van der Waals surface area contributed by atoms with Gasteiger partial charge in [-0.05, 0) is 44.4 Å². The van der Waals surface area contributed by atoms with Crippen LogP contribution in [0.2, 0.25) is 0 Å². The standard InChI is InChI=1S/C20H26N2O3S/c1-12(2)25-18(23)17-15(11-16(26-17)20(4,5)6)22(19(21)24)14-9-7-13(3)8-10-14/h7-12H,1-6H3,(H2,21,24). The van der Waals surface area contributed by atoms with Crippen molar-refractivity contribution < 1.29 is 14.3 Å². The molecule has 2 amide bonds. The summed E-state index contributed by atoms with van der Waals surface area (Å²) in [5.41, 5.74) is 7.63. The number of thiophene rings is 1. The van der Waals surface area contributed by atoms with Gasteiger partial charge in [-0.1, -0.05) is 38.5 Å². The Morgan fingerprint density at radius 1 is 1.15 bits per heavy atom. The number of primary amides is 1. The zero-order valence-electron chi connectivity index (χ0n) is 16.1. The third kappa shape index (κ3) is 4.43. The third-order valence-corrected chi connectivity index (χ3v) is 5.26. The van der Waals surface area contributed by atoms with E-state index in [0.717, 1.165) is 10.4 Å². The highest BCUT2D eigenvalue weighted by atomic mass is 32.1. The molecule has 0 saturated carbocycles. The maximum Gasteiger partial charge on any atom is 0.350 e. The van der Waals surface area contributed by atoms with Gasteiger partial charge in [0.1, 0.15) is 4.88 Å². The van der Waals surface area contributed by atoms with Gasteiger partial charge < -0.3 is 10.5 Å². The Kier molecular flexibility index (Phi) is 5.76. The molecule has 26 heavy (non-hydrogen) atoms. The summed E-state index contributed by atoms with van der Waals surface area (Å²) in [5.74, 6) is -0.450. The number of benzene rings is 1. The molecule has 0 spiro atoms. The Bertz CT molecular complexity index is 801. The Labute approximate surface area is 158 Å². The molecule has 0 atom stereocenters. The van der Waals surface area contributed by atoms with Crippen molar-refractivity contribution >= 4 is 34.7 Å². The Morgan fingerprint density at radius 3 is 2.19 bits per heavy atom. The number of hydrogen-bond acceptors (Lipinski definition) is 4. The molecule has 140 valence electrons. The average Bonchev–Trinajstić information content (AvgIpc) is 2.93. The predicted octanol–water partition coefficient (Wildman–Crippen LogP) is 5.14. The van der Waals surface area contributed by atoms with Crippen LogP contribution in [0.25, 0.3) is 0 Å². The zero-order chi connectivity index (χ0) is 19.6. The average molecular weight is 375 g/mol. The Hall–Kier alpha value is -2.34. The van der Waals surface area contributed by atoms with E-state index in [-0.39, 0.29) is 11.5 Å². The molecule has 2 rings (SSSR count). The van der Waals surface area contributed by atoms with Gasteiger partial charge in [-0.2, -0.15) is 0 Å². The van der Waals surface area contributed by atoms with E-state index >= 15 is 0 Å². The van der Waals surface area contributed by atoms with Crippen LogP contribution in [-0.4, -0.2) is 18.1 Å². The van der Waals surface area contributed by atoms with E-state index in [4.69, 9.17) is 10.5 Å². The van der Waals surface area contributed by atoms with Crippen LogP contribution < -0.4 is 10.6 Å². The van der Waals surface area contributed by atoms with Crippen LogP contribution in [0.3, 0.4) is 0 Å². The lowest BCUT2D eigenvalue weighted by Crippen LogP contribution is -2.32. The first kappa shape index (κ1) is 20.0. The maximum atomic E-state index is 12.6. The summed E-state index contributed by atoms with van der Waals surface area (Å²) in [6.45, 7) is 11.7. The monoisotopic (exact) mass is 374 g/mol. The largest absolute Gasteiger partial charge is 0.459 e. The minimum absolute atomic E-state index is 0.174. The summed E-state index contributed by atoms with van der Waals surface area (Å²) in [6.07, 6.45) is -0.253. The second-order valence-electron chi connectivity index (χ2n) is 7.54. The summed E-state index contributed by atoms with van der Waals surface area (Å²) >= 11 is 1.34. The molecule has 1 aromatic carbocycles. The SMILES string of the molecule is Cc1ccc(N(C(N)=O)c2cc(C(C)(C)C)sc2C(=O)OC(C)C)cc1. The van der Waals surface area contributed by atoms with Crippen molar-refractivity contribution in [2.45, 2.75) is 53.1 Å². The molecule has 0 saturated heterocycles. The van der Waals surface area contributed by atoms with E-state index in [0.29, 0.717) is 16.3 Å². The molecule has 2 N–H and O–H groups in total. The van der Waals surface area contributed by atoms with E-state index in [1.165, 1.54) is 16.2 Å². The van der Waals surface area contributed by atoms with Gasteiger partial charge in [0.2, 0.25) is 0 Å². The van der Waals surface area contributed by atoms with Gasteiger partial charge in [-0.3, -0.25) is 4.90 Å². The molecular weight excluding hydrogens is 348 g/mol. The first-order valence-corrected chi connectivity index (χ1v) is 9.34. The summed E-state index contributed by atoms with van der Waals surface area (Å²) < 4.78 is 5.38. The summed E-state index contributed by atoms with van der Waals surface area (Å²) in [7, 11) is 0. The fraction of sp³-hybridized carbons (Fsp3) is 0.400. The van der Waals surface area contributed by atoms with E-state index < -0.39 is 12.0 Å². The number of esters is 1. The normalized spacial score (nSPS) is 11.5.